The summed E-state index contributed by atoms with van der Waals surface area (Å²) >= 11 is 3.48. The van der Waals surface area contributed by atoms with Crippen molar-refractivity contribution in [2.45, 2.75) is 13.3 Å². The lowest BCUT2D eigenvalue weighted by Gasteiger charge is -2.07. The van der Waals surface area contributed by atoms with Crippen LogP contribution in [0.3, 0.4) is 0 Å². The van der Waals surface area contributed by atoms with Crippen molar-refractivity contribution in [1.29, 1.82) is 0 Å². The number of halogens is 1. The van der Waals surface area contributed by atoms with E-state index in [4.69, 9.17) is 6.57 Å². The van der Waals surface area contributed by atoms with Crippen LogP contribution in [0.1, 0.15) is 16.7 Å². The zero-order valence-electron chi connectivity index (χ0n) is 9.57. The third-order valence-electron chi connectivity index (χ3n) is 2.74. The lowest BCUT2D eigenvalue weighted by Crippen LogP contribution is -1.91. The van der Waals surface area contributed by atoms with Crippen molar-refractivity contribution < 1.29 is 0 Å². The smallest absolute Gasteiger partial charge is 0.187 e. The zero-order valence-corrected chi connectivity index (χ0v) is 11.2. The maximum Gasteiger partial charge on any atom is 0.187 e. The van der Waals surface area contributed by atoms with Crippen molar-refractivity contribution in [2.24, 2.45) is 0 Å². The van der Waals surface area contributed by atoms with Crippen LogP contribution in [0.4, 0.5) is 5.69 Å². The molecule has 0 unspecified atom stereocenters. The second-order valence-electron chi connectivity index (χ2n) is 4.03. The summed E-state index contributed by atoms with van der Waals surface area (Å²) < 4.78 is 1.10. The first-order valence-corrected chi connectivity index (χ1v) is 6.20. The summed E-state index contributed by atoms with van der Waals surface area (Å²) in [5, 5.41) is 0. The standard InChI is InChI=1S/C15H12BrN/c1-11-8-15(17-2)7-6-13(11)9-12-4-3-5-14(16)10-12/h3-8,10H,9H2,1H3. The molecular weight excluding hydrogens is 274 g/mol. The summed E-state index contributed by atoms with van der Waals surface area (Å²) in [4.78, 5) is 3.44. The van der Waals surface area contributed by atoms with Crippen LogP contribution >= 0.6 is 15.9 Å². The highest BCUT2D eigenvalue weighted by Crippen LogP contribution is 2.21. The molecule has 0 aliphatic carbocycles. The van der Waals surface area contributed by atoms with Gasteiger partial charge in [0.1, 0.15) is 0 Å². The van der Waals surface area contributed by atoms with Crippen molar-refractivity contribution in [3.63, 3.8) is 0 Å². The molecule has 0 aromatic heterocycles. The monoisotopic (exact) mass is 285 g/mol. The highest BCUT2D eigenvalue weighted by Gasteiger charge is 2.02. The van der Waals surface area contributed by atoms with Gasteiger partial charge in [-0.05, 0) is 36.6 Å². The third-order valence-corrected chi connectivity index (χ3v) is 3.23. The van der Waals surface area contributed by atoms with Crippen molar-refractivity contribution >= 4 is 21.6 Å². The molecule has 0 saturated heterocycles. The minimum absolute atomic E-state index is 0.709. The van der Waals surface area contributed by atoms with Gasteiger partial charge in [-0.25, -0.2) is 4.85 Å². The molecule has 2 rings (SSSR count). The molecule has 84 valence electrons. The summed E-state index contributed by atoms with van der Waals surface area (Å²) in [6.45, 7) is 9.04. The van der Waals surface area contributed by atoms with Crippen molar-refractivity contribution in [1.82, 2.24) is 0 Å². The van der Waals surface area contributed by atoms with Gasteiger partial charge in [0.15, 0.2) is 5.69 Å². The maximum absolute atomic E-state index is 6.98. The van der Waals surface area contributed by atoms with Crippen LogP contribution in [0.15, 0.2) is 46.9 Å². The van der Waals surface area contributed by atoms with Crippen LogP contribution in [0.2, 0.25) is 0 Å². The van der Waals surface area contributed by atoms with Gasteiger partial charge in [0.25, 0.3) is 0 Å². The molecule has 0 saturated carbocycles. The summed E-state index contributed by atoms with van der Waals surface area (Å²) in [7, 11) is 0. The highest BCUT2D eigenvalue weighted by molar-refractivity contribution is 9.10. The molecule has 0 atom stereocenters. The lowest BCUT2D eigenvalue weighted by atomic mass is 10.0. The Balaban J connectivity index is 2.28. The van der Waals surface area contributed by atoms with Crippen molar-refractivity contribution in [3.8, 4) is 0 Å². The predicted octanol–water partition coefficient (Wildman–Crippen LogP) is 4.90. The predicted molar refractivity (Wildman–Crippen MR) is 74.4 cm³/mol. The molecule has 17 heavy (non-hydrogen) atoms. The Labute approximate surface area is 110 Å². The first-order chi connectivity index (χ1) is 8.19. The van der Waals surface area contributed by atoms with E-state index in [9.17, 15) is 0 Å². The first kappa shape index (κ1) is 11.9. The molecule has 0 aliphatic heterocycles. The topological polar surface area (TPSA) is 4.36 Å². The molecule has 0 N–H and O–H groups in total. The van der Waals surface area contributed by atoms with Crippen molar-refractivity contribution in [2.75, 3.05) is 0 Å². The Morgan fingerprint density at radius 1 is 1.18 bits per heavy atom. The van der Waals surface area contributed by atoms with Crippen LogP contribution < -0.4 is 0 Å². The van der Waals surface area contributed by atoms with E-state index in [1.165, 1.54) is 16.7 Å². The van der Waals surface area contributed by atoms with E-state index in [1.54, 1.807) is 0 Å². The molecule has 0 heterocycles. The van der Waals surface area contributed by atoms with E-state index in [0.717, 1.165) is 10.9 Å². The van der Waals surface area contributed by atoms with Gasteiger partial charge in [0.05, 0.1) is 6.57 Å². The van der Waals surface area contributed by atoms with E-state index in [2.05, 4.69) is 39.8 Å². The molecule has 0 spiro atoms. The summed E-state index contributed by atoms with van der Waals surface area (Å²) in [5.74, 6) is 0. The molecule has 1 nitrogen and oxygen atoms in total. The van der Waals surface area contributed by atoms with Crippen LogP contribution in [0, 0.1) is 13.5 Å². The van der Waals surface area contributed by atoms with E-state index in [1.807, 2.05) is 30.3 Å². The van der Waals surface area contributed by atoms with Gasteiger partial charge in [-0.2, -0.15) is 0 Å². The average molecular weight is 286 g/mol. The fourth-order valence-corrected chi connectivity index (χ4v) is 2.26. The molecule has 2 aromatic carbocycles. The Bertz CT molecular complexity index is 582. The number of benzene rings is 2. The van der Waals surface area contributed by atoms with Crippen LogP contribution in [0.25, 0.3) is 4.85 Å². The first-order valence-electron chi connectivity index (χ1n) is 5.40. The molecule has 2 heteroatoms. The molecule has 2 aromatic rings. The second-order valence-corrected chi connectivity index (χ2v) is 4.94. The number of aryl methyl sites for hydroxylation is 1. The van der Waals surface area contributed by atoms with Crippen LogP contribution in [0.5, 0.6) is 0 Å². The Morgan fingerprint density at radius 2 is 2.00 bits per heavy atom. The van der Waals surface area contributed by atoms with Gasteiger partial charge in [-0.3, -0.25) is 0 Å². The van der Waals surface area contributed by atoms with Gasteiger partial charge in [-0.1, -0.05) is 51.8 Å². The van der Waals surface area contributed by atoms with E-state index in [0.29, 0.717) is 5.69 Å². The zero-order chi connectivity index (χ0) is 12.3. The number of rotatable bonds is 2. The summed E-state index contributed by atoms with van der Waals surface area (Å²) in [6, 6.07) is 14.2. The van der Waals surface area contributed by atoms with Crippen molar-refractivity contribution in [3.05, 3.63) is 75.0 Å². The molecule has 0 fully saturated rings. The maximum atomic E-state index is 6.98. The molecule has 0 amide bonds. The Hall–Kier alpha value is -1.59. The largest absolute Gasteiger partial charge is 0.238 e. The normalized spacial score (nSPS) is 9.94. The van der Waals surface area contributed by atoms with Gasteiger partial charge >= 0.3 is 0 Å². The third kappa shape index (κ3) is 2.95. The Kier molecular flexibility index (Phi) is 3.61. The van der Waals surface area contributed by atoms with Gasteiger partial charge in [0, 0.05) is 4.47 Å². The minimum atomic E-state index is 0.709. The number of hydrogen-bond acceptors (Lipinski definition) is 0. The SMILES string of the molecule is [C-]#[N+]c1ccc(Cc2cccc(Br)c2)c(C)c1. The highest BCUT2D eigenvalue weighted by atomic mass is 79.9. The van der Waals surface area contributed by atoms with Crippen LogP contribution in [-0.2, 0) is 6.42 Å². The van der Waals surface area contributed by atoms with Crippen LogP contribution in [-0.4, -0.2) is 0 Å². The lowest BCUT2D eigenvalue weighted by molar-refractivity contribution is 1.16. The molecule has 0 radical (unpaired) electrons. The summed E-state index contributed by atoms with van der Waals surface area (Å²) in [6.07, 6.45) is 0.906. The minimum Gasteiger partial charge on any atom is -0.238 e. The van der Waals surface area contributed by atoms with Gasteiger partial charge in [-0.15, -0.1) is 0 Å². The van der Waals surface area contributed by atoms with E-state index in [-0.39, 0.29) is 0 Å². The van der Waals surface area contributed by atoms with E-state index >= 15 is 0 Å². The fraction of sp³-hybridized carbons (Fsp3) is 0.133. The fourth-order valence-electron chi connectivity index (χ4n) is 1.81. The molecule has 0 aliphatic rings. The second kappa shape index (κ2) is 5.16. The summed E-state index contributed by atoms with van der Waals surface area (Å²) in [5.41, 5.74) is 4.44. The number of nitrogens with zero attached hydrogens (tertiary/aromatic N) is 1. The van der Waals surface area contributed by atoms with Gasteiger partial charge < -0.3 is 0 Å². The Morgan fingerprint density at radius 3 is 2.65 bits per heavy atom. The van der Waals surface area contributed by atoms with E-state index < -0.39 is 0 Å². The molecule has 0 bridgehead atoms. The number of hydrogen-bond donors (Lipinski definition) is 0. The van der Waals surface area contributed by atoms with Gasteiger partial charge in [0.2, 0.25) is 0 Å². The average Bonchev–Trinajstić information content (AvgIpc) is 2.32. The quantitative estimate of drug-likeness (QED) is 0.692. The molecular formula is C15H12BrN.